The van der Waals surface area contributed by atoms with Crippen LogP contribution in [-0.4, -0.2) is 18.3 Å². The second kappa shape index (κ2) is 6.91. The van der Waals surface area contributed by atoms with Crippen LogP contribution in [0.15, 0.2) is 48.5 Å². The SMILES string of the molecule is CCOc1ccc(C(CO)Nc2cccc(F)c2)cc1. The third-order valence-electron chi connectivity index (χ3n) is 2.94. The Hall–Kier alpha value is -2.07. The molecule has 1 atom stereocenters. The molecule has 2 aromatic carbocycles. The van der Waals surface area contributed by atoms with E-state index in [1.54, 1.807) is 12.1 Å². The zero-order valence-corrected chi connectivity index (χ0v) is 11.3. The van der Waals surface area contributed by atoms with Gasteiger partial charge in [0.1, 0.15) is 11.6 Å². The van der Waals surface area contributed by atoms with Gasteiger partial charge in [-0.2, -0.15) is 0 Å². The molecule has 2 aromatic rings. The van der Waals surface area contributed by atoms with Crippen LogP contribution in [0.4, 0.5) is 10.1 Å². The Kier molecular flexibility index (Phi) is 4.96. The normalized spacial score (nSPS) is 11.9. The predicted molar refractivity (Wildman–Crippen MR) is 77.5 cm³/mol. The van der Waals surface area contributed by atoms with Crippen molar-refractivity contribution in [1.29, 1.82) is 0 Å². The van der Waals surface area contributed by atoms with Crippen LogP contribution in [0.2, 0.25) is 0 Å². The summed E-state index contributed by atoms with van der Waals surface area (Å²) in [5, 5.41) is 12.6. The average Bonchev–Trinajstić information content (AvgIpc) is 2.46. The van der Waals surface area contributed by atoms with Crippen LogP contribution in [0.3, 0.4) is 0 Å². The molecule has 0 amide bonds. The lowest BCUT2D eigenvalue weighted by Gasteiger charge is -2.18. The molecule has 0 spiro atoms. The van der Waals surface area contributed by atoms with Crippen molar-refractivity contribution in [2.45, 2.75) is 13.0 Å². The highest BCUT2D eigenvalue weighted by atomic mass is 19.1. The van der Waals surface area contributed by atoms with E-state index in [9.17, 15) is 9.50 Å². The van der Waals surface area contributed by atoms with E-state index in [-0.39, 0.29) is 18.5 Å². The lowest BCUT2D eigenvalue weighted by Crippen LogP contribution is -2.14. The summed E-state index contributed by atoms with van der Waals surface area (Å²) in [6, 6.07) is 13.4. The van der Waals surface area contributed by atoms with Gasteiger partial charge in [-0.15, -0.1) is 0 Å². The van der Waals surface area contributed by atoms with E-state index in [4.69, 9.17) is 4.74 Å². The minimum absolute atomic E-state index is 0.0789. The highest BCUT2D eigenvalue weighted by molar-refractivity contribution is 5.46. The molecule has 0 aliphatic heterocycles. The lowest BCUT2D eigenvalue weighted by molar-refractivity contribution is 0.276. The van der Waals surface area contributed by atoms with E-state index in [1.807, 2.05) is 31.2 Å². The van der Waals surface area contributed by atoms with Crippen molar-refractivity contribution >= 4 is 5.69 Å². The summed E-state index contributed by atoms with van der Waals surface area (Å²) < 4.78 is 18.5. The topological polar surface area (TPSA) is 41.5 Å². The summed E-state index contributed by atoms with van der Waals surface area (Å²) in [5.41, 5.74) is 1.55. The van der Waals surface area contributed by atoms with Crippen LogP contribution < -0.4 is 10.1 Å². The molecule has 0 bridgehead atoms. The van der Waals surface area contributed by atoms with Crippen LogP contribution in [0.5, 0.6) is 5.75 Å². The van der Waals surface area contributed by atoms with E-state index in [1.165, 1.54) is 12.1 Å². The van der Waals surface area contributed by atoms with Crippen molar-refractivity contribution in [2.24, 2.45) is 0 Å². The first kappa shape index (κ1) is 14.3. The summed E-state index contributed by atoms with van der Waals surface area (Å²) in [7, 11) is 0. The number of hydrogen-bond donors (Lipinski definition) is 2. The Bertz CT molecular complexity index is 542. The minimum Gasteiger partial charge on any atom is -0.494 e. The summed E-state index contributed by atoms with van der Waals surface area (Å²) >= 11 is 0. The molecule has 0 heterocycles. The average molecular weight is 275 g/mol. The molecule has 0 saturated heterocycles. The van der Waals surface area contributed by atoms with Crippen LogP contribution in [0, 0.1) is 5.82 Å². The molecule has 3 nitrogen and oxygen atoms in total. The maximum absolute atomic E-state index is 13.1. The van der Waals surface area contributed by atoms with Crippen molar-refractivity contribution in [3.8, 4) is 5.75 Å². The molecule has 0 aliphatic rings. The summed E-state index contributed by atoms with van der Waals surface area (Å²) in [6.45, 7) is 2.46. The van der Waals surface area contributed by atoms with Gasteiger partial charge in [0.2, 0.25) is 0 Å². The number of halogens is 1. The third kappa shape index (κ3) is 3.71. The Morgan fingerprint density at radius 1 is 1.20 bits per heavy atom. The number of aliphatic hydroxyl groups is 1. The van der Waals surface area contributed by atoms with Gasteiger partial charge in [-0.3, -0.25) is 0 Å². The molecular weight excluding hydrogens is 257 g/mol. The molecular formula is C16H18FNO2. The van der Waals surface area contributed by atoms with Gasteiger partial charge in [0.25, 0.3) is 0 Å². The molecule has 0 radical (unpaired) electrons. The zero-order chi connectivity index (χ0) is 14.4. The molecule has 1 unspecified atom stereocenters. The first-order valence-electron chi connectivity index (χ1n) is 6.58. The number of aliphatic hydroxyl groups excluding tert-OH is 1. The highest BCUT2D eigenvalue weighted by Crippen LogP contribution is 2.22. The maximum Gasteiger partial charge on any atom is 0.125 e. The maximum atomic E-state index is 13.1. The smallest absolute Gasteiger partial charge is 0.125 e. The third-order valence-corrected chi connectivity index (χ3v) is 2.94. The Balaban J connectivity index is 2.11. The van der Waals surface area contributed by atoms with Crippen LogP contribution in [0.25, 0.3) is 0 Å². The van der Waals surface area contributed by atoms with E-state index in [0.717, 1.165) is 11.3 Å². The fourth-order valence-electron chi connectivity index (χ4n) is 1.98. The van der Waals surface area contributed by atoms with Gasteiger partial charge < -0.3 is 15.2 Å². The Labute approximate surface area is 118 Å². The highest BCUT2D eigenvalue weighted by Gasteiger charge is 2.10. The van der Waals surface area contributed by atoms with E-state index in [2.05, 4.69) is 5.32 Å². The quantitative estimate of drug-likeness (QED) is 0.849. The van der Waals surface area contributed by atoms with Gasteiger partial charge in [0.05, 0.1) is 19.3 Å². The Morgan fingerprint density at radius 2 is 1.95 bits per heavy atom. The summed E-state index contributed by atoms with van der Waals surface area (Å²) in [6.07, 6.45) is 0. The number of anilines is 1. The van der Waals surface area contributed by atoms with Crippen LogP contribution in [0.1, 0.15) is 18.5 Å². The summed E-state index contributed by atoms with van der Waals surface area (Å²) in [4.78, 5) is 0. The van der Waals surface area contributed by atoms with Crippen molar-refractivity contribution in [2.75, 3.05) is 18.5 Å². The van der Waals surface area contributed by atoms with Crippen molar-refractivity contribution in [3.63, 3.8) is 0 Å². The van der Waals surface area contributed by atoms with E-state index < -0.39 is 0 Å². The van der Waals surface area contributed by atoms with Gasteiger partial charge in [0, 0.05) is 5.69 Å². The minimum atomic E-state index is -0.307. The summed E-state index contributed by atoms with van der Waals surface area (Å²) in [5.74, 6) is 0.483. The van der Waals surface area contributed by atoms with Gasteiger partial charge in [-0.1, -0.05) is 18.2 Å². The van der Waals surface area contributed by atoms with Crippen molar-refractivity contribution in [3.05, 3.63) is 59.9 Å². The first-order chi connectivity index (χ1) is 9.72. The lowest BCUT2D eigenvalue weighted by atomic mass is 10.1. The second-order valence-electron chi connectivity index (χ2n) is 4.39. The number of ether oxygens (including phenoxy) is 1. The Morgan fingerprint density at radius 3 is 2.55 bits per heavy atom. The predicted octanol–water partition coefficient (Wildman–Crippen LogP) is 3.37. The number of benzene rings is 2. The van der Waals surface area contributed by atoms with Gasteiger partial charge in [0.15, 0.2) is 0 Å². The van der Waals surface area contributed by atoms with Crippen molar-refractivity contribution in [1.82, 2.24) is 0 Å². The van der Waals surface area contributed by atoms with E-state index >= 15 is 0 Å². The van der Waals surface area contributed by atoms with Crippen molar-refractivity contribution < 1.29 is 14.2 Å². The fourth-order valence-corrected chi connectivity index (χ4v) is 1.98. The largest absolute Gasteiger partial charge is 0.494 e. The standard InChI is InChI=1S/C16H18FNO2/c1-2-20-15-8-6-12(7-9-15)16(11-19)18-14-5-3-4-13(17)10-14/h3-10,16,18-19H,2,11H2,1H3. The molecule has 20 heavy (non-hydrogen) atoms. The zero-order valence-electron chi connectivity index (χ0n) is 11.3. The monoisotopic (exact) mass is 275 g/mol. The molecule has 106 valence electrons. The number of nitrogens with one attached hydrogen (secondary N) is 1. The first-order valence-corrected chi connectivity index (χ1v) is 6.58. The molecule has 0 fully saturated rings. The second-order valence-corrected chi connectivity index (χ2v) is 4.39. The van der Waals surface area contributed by atoms with Crippen LogP contribution in [-0.2, 0) is 0 Å². The number of rotatable bonds is 6. The molecule has 0 saturated carbocycles. The molecule has 2 rings (SSSR count). The molecule has 0 aliphatic carbocycles. The number of hydrogen-bond acceptors (Lipinski definition) is 3. The fraction of sp³-hybridized carbons (Fsp3) is 0.250. The van der Waals surface area contributed by atoms with Gasteiger partial charge >= 0.3 is 0 Å². The molecule has 0 aromatic heterocycles. The van der Waals surface area contributed by atoms with Crippen LogP contribution >= 0.6 is 0 Å². The van der Waals surface area contributed by atoms with E-state index in [0.29, 0.717) is 12.3 Å². The molecule has 4 heteroatoms. The van der Waals surface area contributed by atoms with Gasteiger partial charge in [-0.05, 0) is 42.8 Å². The molecule has 2 N–H and O–H groups in total. The van der Waals surface area contributed by atoms with Gasteiger partial charge in [-0.25, -0.2) is 4.39 Å².